The number of hydrogen-bond donors (Lipinski definition) is 1. The van der Waals surface area contributed by atoms with Crippen LogP contribution in [0.15, 0.2) is 22.7 Å². The standard InChI is InChI=1S/C9H10BrNO4S/c1-11(16(14)15)5-7-4-6(9(12)13)2-3-8(7)10/h2-4H,5H2,1H3,(H,12,13)(H,14,15)/p-1. The van der Waals surface area contributed by atoms with E-state index >= 15 is 0 Å². The molecule has 1 unspecified atom stereocenters. The van der Waals surface area contributed by atoms with E-state index in [0.29, 0.717) is 10.0 Å². The average molecular weight is 307 g/mol. The maximum atomic E-state index is 10.7. The Kier molecular flexibility index (Phi) is 4.60. The zero-order chi connectivity index (χ0) is 12.3. The first-order valence-corrected chi connectivity index (χ1v) is 6.06. The van der Waals surface area contributed by atoms with Crippen molar-refractivity contribution in [1.29, 1.82) is 0 Å². The van der Waals surface area contributed by atoms with Gasteiger partial charge in [0.05, 0.1) is 5.56 Å². The van der Waals surface area contributed by atoms with Gasteiger partial charge in [-0.15, -0.1) is 0 Å². The lowest BCUT2D eigenvalue weighted by Gasteiger charge is -2.19. The zero-order valence-electron chi connectivity index (χ0n) is 8.34. The summed E-state index contributed by atoms with van der Waals surface area (Å²) in [5, 5.41) is 8.79. The van der Waals surface area contributed by atoms with Crippen LogP contribution in [0.2, 0.25) is 0 Å². The maximum Gasteiger partial charge on any atom is 0.335 e. The molecule has 5 nitrogen and oxygen atoms in total. The van der Waals surface area contributed by atoms with Gasteiger partial charge in [0.1, 0.15) is 0 Å². The molecular formula is C9H9BrNO4S-. The van der Waals surface area contributed by atoms with Crippen LogP contribution in [0.5, 0.6) is 0 Å². The lowest BCUT2D eigenvalue weighted by Crippen LogP contribution is -2.20. The molecule has 0 spiro atoms. The highest BCUT2D eigenvalue weighted by atomic mass is 79.9. The van der Waals surface area contributed by atoms with Gasteiger partial charge in [0.25, 0.3) is 0 Å². The minimum atomic E-state index is -2.32. The number of hydrogen-bond acceptors (Lipinski definition) is 3. The van der Waals surface area contributed by atoms with Crippen LogP contribution in [-0.4, -0.2) is 31.2 Å². The molecule has 0 heterocycles. The summed E-state index contributed by atoms with van der Waals surface area (Å²) < 4.78 is 23.0. The molecule has 1 rings (SSSR count). The molecule has 0 aliphatic rings. The second-order valence-corrected chi connectivity index (χ2v) is 5.03. The monoisotopic (exact) mass is 306 g/mol. The van der Waals surface area contributed by atoms with Crippen molar-refractivity contribution in [3.63, 3.8) is 0 Å². The van der Waals surface area contributed by atoms with E-state index in [9.17, 15) is 13.6 Å². The fourth-order valence-corrected chi connectivity index (χ4v) is 1.74. The first kappa shape index (κ1) is 13.3. The van der Waals surface area contributed by atoms with Gasteiger partial charge in [0.2, 0.25) is 0 Å². The van der Waals surface area contributed by atoms with Crippen LogP contribution in [0.3, 0.4) is 0 Å². The molecule has 88 valence electrons. The Morgan fingerprint density at radius 1 is 1.62 bits per heavy atom. The fourth-order valence-electron chi connectivity index (χ4n) is 1.12. The van der Waals surface area contributed by atoms with E-state index in [1.165, 1.54) is 19.2 Å². The topological polar surface area (TPSA) is 80.7 Å². The second kappa shape index (κ2) is 5.53. The summed E-state index contributed by atoms with van der Waals surface area (Å²) >= 11 is 0.915. The third-order valence-corrected chi connectivity index (χ3v) is 3.35. The van der Waals surface area contributed by atoms with Crippen LogP contribution in [-0.2, 0) is 17.8 Å². The predicted molar refractivity (Wildman–Crippen MR) is 61.5 cm³/mol. The molecule has 16 heavy (non-hydrogen) atoms. The first-order chi connectivity index (χ1) is 7.41. The van der Waals surface area contributed by atoms with E-state index in [1.807, 2.05) is 0 Å². The molecule has 0 aliphatic carbocycles. The molecule has 0 radical (unpaired) electrons. The predicted octanol–water partition coefficient (Wildman–Crippen LogP) is 1.37. The first-order valence-electron chi connectivity index (χ1n) is 4.24. The van der Waals surface area contributed by atoms with Gasteiger partial charge in [0, 0.05) is 22.3 Å². The van der Waals surface area contributed by atoms with Crippen molar-refractivity contribution in [1.82, 2.24) is 4.31 Å². The van der Waals surface area contributed by atoms with Crippen LogP contribution in [0.25, 0.3) is 0 Å². The fraction of sp³-hybridized carbons (Fsp3) is 0.222. The van der Waals surface area contributed by atoms with Gasteiger partial charge in [-0.2, -0.15) is 0 Å². The molecule has 0 saturated carbocycles. The van der Waals surface area contributed by atoms with Crippen molar-refractivity contribution in [3.8, 4) is 0 Å². The zero-order valence-corrected chi connectivity index (χ0v) is 10.7. The Hall–Kier alpha value is -0.760. The van der Waals surface area contributed by atoms with Crippen LogP contribution < -0.4 is 0 Å². The molecule has 0 fully saturated rings. The molecule has 1 atom stereocenters. The third kappa shape index (κ3) is 3.38. The van der Waals surface area contributed by atoms with E-state index in [0.717, 1.165) is 4.31 Å². The SMILES string of the molecule is CN(Cc1cc(C(=O)O)ccc1Br)S(=O)[O-]. The molecule has 1 aromatic rings. The van der Waals surface area contributed by atoms with Gasteiger partial charge < -0.3 is 9.66 Å². The molecule has 0 aromatic heterocycles. The quantitative estimate of drug-likeness (QED) is 0.852. The summed E-state index contributed by atoms with van der Waals surface area (Å²) in [6, 6.07) is 4.47. The Balaban J connectivity index is 2.98. The number of aromatic carboxylic acids is 1. The molecular weight excluding hydrogens is 298 g/mol. The Morgan fingerprint density at radius 2 is 2.25 bits per heavy atom. The lowest BCUT2D eigenvalue weighted by molar-refractivity contribution is 0.0696. The van der Waals surface area contributed by atoms with Crippen LogP contribution in [0, 0.1) is 0 Å². The van der Waals surface area contributed by atoms with Crippen molar-refractivity contribution >= 4 is 33.2 Å². The number of halogens is 1. The van der Waals surface area contributed by atoms with E-state index in [1.54, 1.807) is 6.07 Å². The van der Waals surface area contributed by atoms with Crippen LogP contribution in [0.4, 0.5) is 0 Å². The van der Waals surface area contributed by atoms with Crippen LogP contribution >= 0.6 is 15.9 Å². The molecule has 1 N–H and O–H groups in total. The molecule has 0 bridgehead atoms. The summed E-state index contributed by atoms with van der Waals surface area (Å²) in [4.78, 5) is 10.7. The number of carboxylic acids is 1. The van der Waals surface area contributed by atoms with Crippen molar-refractivity contribution in [2.75, 3.05) is 7.05 Å². The summed E-state index contributed by atoms with van der Waals surface area (Å²) in [5.41, 5.74) is 0.731. The van der Waals surface area contributed by atoms with Gasteiger partial charge in [-0.05, 0) is 30.8 Å². The number of carbonyl (C=O) groups is 1. The molecule has 7 heteroatoms. The third-order valence-electron chi connectivity index (χ3n) is 1.94. The summed E-state index contributed by atoms with van der Waals surface area (Å²) in [6.07, 6.45) is 0. The number of carboxylic acid groups (broad SMARTS) is 1. The average Bonchev–Trinajstić information content (AvgIpc) is 2.20. The Morgan fingerprint density at radius 3 is 2.75 bits per heavy atom. The second-order valence-electron chi connectivity index (χ2n) is 3.11. The number of rotatable bonds is 4. The summed E-state index contributed by atoms with van der Waals surface area (Å²) in [5.74, 6) is -1.04. The van der Waals surface area contributed by atoms with Gasteiger partial charge in [0.15, 0.2) is 0 Å². The van der Waals surface area contributed by atoms with Crippen molar-refractivity contribution in [3.05, 3.63) is 33.8 Å². The Labute approximate surface area is 104 Å². The highest BCUT2D eigenvalue weighted by molar-refractivity contribution is 9.10. The number of benzene rings is 1. The van der Waals surface area contributed by atoms with E-state index in [2.05, 4.69) is 15.9 Å². The van der Waals surface area contributed by atoms with Gasteiger partial charge in [-0.1, -0.05) is 15.9 Å². The normalized spacial score (nSPS) is 12.8. The molecule has 0 aliphatic heterocycles. The smallest absolute Gasteiger partial charge is 0.335 e. The van der Waals surface area contributed by atoms with Gasteiger partial charge in [-0.25, -0.2) is 9.10 Å². The van der Waals surface area contributed by atoms with E-state index in [-0.39, 0.29) is 12.1 Å². The summed E-state index contributed by atoms with van der Waals surface area (Å²) in [6.45, 7) is 0.123. The van der Waals surface area contributed by atoms with Gasteiger partial charge in [-0.3, -0.25) is 4.21 Å². The van der Waals surface area contributed by atoms with Gasteiger partial charge >= 0.3 is 5.97 Å². The van der Waals surface area contributed by atoms with Crippen molar-refractivity contribution in [2.45, 2.75) is 6.54 Å². The molecule has 1 aromatic carbocycles. The van der Waals surface area contributed by atoms with Crippen molar-refractivity contribution in [2.24, 2.45) is 0 Å². The van der Waals surface area contributed by atoms with E-state index in [4.69, 9.17) is 5.11 Å². The minimum absolute atomic E-state index is 0.123. The Bertz CT molecular complexity index is 438. The highest BCUT2D eigenvalue weighted by Crippen LogP contribution is 2.20. The largest absolute Gasteiger partial charge is 0.760 e. The maximum absolute atomic E-state index is 10.7. The van der Waals surface area contributed by atoms with E-state index < -0.39 is 17.2 Å². The minimum Gasteiger partial charge on any atom is -0.760 e. The van der Waals surface area contributed by atoms with Crippen LogP contribution in [0.1, 0.15) is 15.9 Å². The molecule has 0 amide bonds. The highest BCUT2D eigenvalue weighted by Gasteiger charge is 2.09. The van der Waals surface area contributed by atoms with Crippen molar-refractivity contribution < 1.29 is 18.7 Å². The number of nitrogens with zero attached hydrogens (tertiary/aromatic N) is 1. The summed E-state index contributed by atoms with van der Waals surface area (Å²) in [7, 11) is 1.41. The molecule has 0 saturated heterocycles. The lowest BCUT2D eigenvalue weighted by atomic mass is 10.1.